The van der Waals surface area contributed by atoms with Gasteiger partial charge >= 0.3 is 0 Å². The minimum Gasteiger partial charge on any atom is -0.457 e. The number of amides is 1. The molecule has 0 radical (unpaired) electrons. The van der Waals surface area contributed by atoms with E-state index in [4.69, 9.17) is 16.0 Å². The number of nitrogens with zero attached hydrogens (tertiary/aromatic N) is 1. The Morgan fingerprint density at radius 2 is 1.89 bits per heavy atom. The van der Waals surface area contributed by atoms with E-state index in [1.165, 1.54) is 11.8 Å². The fraction of sp³-hybridized carbons (Fsp3) is 0.0909. The van der Waals surface area contributed by atoms with Gasteiger partial charge in [-0.1, -0.05) is 35.9 Å². The second-order valence-electron chi connectivity index (χ2n) is 6.38. The SMILES string of the molecule is Cc1cccc(N=C2NC(=O)C(=Cc3ccc(-c4ccccc4Cl)o3)S2)c1C. The lowest BCUT2D eigenvalue weighted by molar-refractivity contribution is -0.115. The summed E-state index contributed by atoms with van der Waals surface area (Å²) in [6, 6.07) is 17.1. The number of hydrogen-bond donors (Lipinski definition) is 1. The zero-order valence-electron chi connectivity index (χ0n) is 15.3. The van der Waals surface area contributed by atoms with Crippen molar-refractivity contribution in [2.45, 2.75) is 13.8 Å². The molecule has 0 bridgehead atoms. The summed E-state index contributed by atoms with van der Waals surface area (Å²) in [5.41, 5.74) is 3.92. The van der Waals surface area contributed by atoms with E-state index in [9.17, 15) is 4.79 Å². The number of benzene rings is 2. The molecule has 1 saturated heterocycles. The summed E-state index contributed by atoms with van der Waals surface area (Å²) in [6.45, 7) is 4.06. The Morgan fingerprint density at radius 1 is 1.07 bits per heavy atom. The number of nitrogens with one attached hydrogen (secondary N) is 1. The molecule has 1 aliphatic rings. The third kappa shape index (κ3) is 3.77. The lowest BCUT2D eigenvalue weighted by Gasteiger charge is -2.04. The molecule has 6 heteroatoms. The van der Waals surface area contributed by atoms with Gasteiger partial charge in [-0.05, 0) is 67.1 Å². The van der Waals surface area contributed by atoms with Gasteiger partial charge in [-0.3, -0.25) is 4.79 Å². The average molecular weight is 409 g/mol. The summed E-state index contributed by atoms with van der Waals surface area (Å²) in [5.74, 6) is 1.05. The molecule has 2 aromatic carbocycles. The highest BCUT2D eigenvalue weighted by Gasteiger charge is 2.24. The van der Waals surface area contributed by atoms with Crippen LogP contribution in [0.15, 0.2) is 68.9 Å². The summed E-state index contributed by atoms with van der Waals surface area (Å²) < 4.78 is 5.86. The number of halogens is 1. The molecular formula is C22H17ClN2O2S. The molecule has 140 valence electrons. The number of carbonyl (C=O) groups is 1. The number of thioether (sulfide) groups is 1. The Bertz CT molecular complexity index is 1130. The highest BCUT2D eigenvalue weighted by atomic mass is 35.5. The van der Waals surface area contributed by atoms with Crippen LogP contribution in [0.2, 0.25) is 5.02 Å². The Balaban J connectivity index is 1.58. The topological polar surface area (TPSA) is 54.6 Å². The van der Waals surface area contributed by atoms with Crippen molar-refractivity contribution >= 4 is 46.2 Å². The number of amidine groups is 1. The van der Waals surface area contributed by atoms with Crippen LogP contribution >= 0.6 is 23.4 Å². The molecule has 4 nitrogen and oxygen atoms in total. The Morgan fingerprint density at radius 3 is 2.71 bits per heavy atom. The maximum absolute atomic E-state index is 12.3. The van der Waals surface area contributed by atoms with Gasteiger partial charge in [0.15, 0.2) is 5.17 Å². The smallest absolute Gasteiger partial charge is 0.264 e. The van der Waals surface area contributed by atoms with Gasteiger partial charge in [0, 0.05) is 11.6 Å². The number of carbonyl (C=O) groups excluding carboxylic acids is 1. The van der Waals surface area contributed by atoms with Gasteiger partial charge in [0.05, 0.1) is 15.6 Å². The van der Waals surface area contributed by atoms with E-state index in [1.807, 2.05) is 68.4 Å². The van der Waals surface area contributed by atoms with Crippen molar-refractivity contribution in [3.8, 4) is 11.3 Å². The fourth-order valence-electron chi connectivity index (χ4n) is 2.81. The first-order valence-electron chi connectivity index (χ1n) is 8.72. The van der Waals surface area contributed by atoms with Crippen LogP contribution in [0.5, 0.6) is 0 Å². The van der Waals surface area contributed by atoms with Gasteiger partial charge in [-0.15, -0.1) is 0 Å². The summed E-state index contributed by atoms with van der Waals surface area (Å²) in [7, 11) is 0. The van der Waals surface area contributed by atoms with E-state index >= 15 is 0 Å². The maximum atomic E-state index is 12.3. The molecule has 1 aromatic heterocycles. The van der Waals surface area contributed by atoms with E-state index in [-0.39, 0.29) is 5.91 Å². The predicted molar refractivity (Wildman–Crippen MR) is 116 cm³/mol. The molecule has 28 heavy (non-hydrogen) atoms. The van der Waals surface area contributed by atoms with Crippen molar-refractivity contribution in [3.05, 3.63) is 81.4 Å². The Labute approximate surface area is 172 Å². The molecule has 4 rings (SSSR count). The van der Waals surface area contributed by atoms with E-state index in [0.29, 0.717) is 26.6 Å². The molecule has 1 N–H and O–H groups in total. The minimum absolute atomic E-state index is 0.190. The molecule has 1 amide bonds. The Hall–Kier alpha value is -2.76. The molecule has 3 aromatic rings. The van der Waals surface area contributed by atoms with Crippen LogP contribution in [-0.2, 0) is 4.79 Å². The van der Waals surface area contributed by atoms with Crippen LogP contribution in [0.25, 0.3) is 17.4 Å². The molecule has 1 aliphatic heterocycles. The van der Waals surface area contributed by atoms with Gasteiger partial charge in [-0.2, -0.15) is 0 Å². The number of rotatable bonds is 3. The van der Waals surface area contributed by atoms with Gasteiger partial charge < -0.3 is 9.73 Å². The second kappa shape index (κ2) is 7.70. The molecule has 0 unspecified atom stereocenters. The number of aryl methyl sites for hydroxylation is 1. The minimum atomic E-state index is -0.190. The average Bonchev–Trinajstić information content (AvgIpc) is 3.27. The number of furan rings is 1. The molecule has 0 spiro atoms. The van der Waals surface area contributed by atoms with Crippen molar-refractivity contribution in [1.29, 1.82) is 0 Å². The Kier molecular flexibility index (Phi) is 5.11. The lowest BCUT2D eigenvalue weighted by Crippen LogP contribution is -2.19. The van der Waals surface area contributed by atoms with Gasteiger partial charge in [0.25, 0.3) is 5.91 Å². The lowest BCUT2D eigenvalue weighted by atomic mass is 10.1. The van der Waals surface area contributed by atoms with Gasteiger partial charge in [0.2, 0.25) is 0 Å². The van der Waals surface area contributed by atoms with Crippen LogP contribution in [0.3, 0.4) is 0 Å². The van der Waals surface area contributed by atoms with E-state index < -0.39 is 0 Å². The van der Waals surface area contributed by atoms with Gasteiger partial charge in [0.1, 0.15) is 11.5 Å². The number of aliphatic imine (C=N–C) groups is 1. The number of hydrogen-bond acceptors (Lipinski definition) is 4. The van der Waals surface area contributed by atoms with Gasteiger partial charge in [-0.25, -0.2) is 4.99 Å². The second-order valence-corrected chi connectivity index (χ2v) is 7.82. The summed E-state index contributed by atoms with van der Waals surface area (Å²) in [4.78, 5) is 17.4. The maximum Gasteiger partial charge on any atom is 0.264 e. The van der Waals surface area contributed by atoms with E-state index in [0.717, 1.165) is 22.4 Å². The molecular weight excluding hydrogens is 392 g/mol. The normalized spacial score (nSPS) is 16.8. The molecule has 0 aliphatic carbocycles. The highest BCUT2D eigenvalue weighted by molar-refractivity contribution is 8.18. The van der Waals surface area contributed by atoms with Crippen molar-refractivity contribution in [1.82, 2.24) is 5.32 Å². The van der Waals surface area contributed by atoms with Crippen molar-refractivity contribution in [2.75, 3.05) is 0 Å². The van der Waals surface area contributed by atoms with Crippen molar-refractivity contribution in [2.24, 2.45) is 4.99 Å². The monoisotopic (exact) mass is 408 g/mol. The molecule has 2 heterocycles. The first-order valence-corrected chi connectivity index (χ1v) is 9.91. The summed E-state index contributed by atoms with van der Waals surface area (Å²) in [5, 5.41) is 3.99. The van der Waals surface area contributed by atoms with E-state index in [2.05, 4.69) is 10.3 Å². The summed E-state index contributed by atoms with van der Waals surface area (Å²) in [6.07, 6.45) is 1.71. The van der Waals surface area contributed by atoms with Crippen molar-refractivity contribution < 1.29 is 9.21 Å². The quantitative estimate of drug-likeness (QED) is 0.532. The van der Waals surface area contributed by atoms with Crippen LogP contribution < -0.4 is 5.32 Å². The zero-order valence-corrected chi connectivity index (χ0v) is 16.9. The molecule has 0 atom stereocenters. The van der Waals surface area contributed by atoms with E-state index in [1.54, 1.807) is 6.08 Å². The zero-order chi connectivity index (χ0) is 19.7. The predicted octanol–water partition coefficient (Wildman–Crippen LogP) is 6.11. The van der Waals surface area contributed by atoms with Crippen molar-refractivity contribution in [3.63, 3.8) is 0 Å². The standard InChI is InChI=1S/C22H17ClN2O2S/c1-13-6-5-9-18(14(13)2)24-22-25-21(26)20(28-22)12-15-10-11-19(27-15)16-7-3-4-8-17(16)23/h3-12H,1-2H3,(H,24,25,26). The highest BCUT2D eigenvalue weighted by Crippen LogP contribution is 2.33. The first-order chi connectivity index (χ1) is 13.5. The van der Waals surface area contributed by atoms with Crippen LogP contribution in [0.4, 0.5) is 5.69 Å². The first kappa shape index (κ1) is 18.6. The third-order valence-corrected chi connectivity index (χ3v) is 5.73. The molecule has 1 fully saturated rings. The van der Waals surface area contributed by atoms with Crippen LogP contribution in [0.1, 0.15) is 16.9 Å². The molecule has 0 saturated carbocycles. The van der Waals surface area contributed by atoms with Crippen LogP contribution in [-0.4, -0.2) is 11.1 Å². The fourth-order valence-corrected chi connectivity index (χ4v) is 3.86. The third-order valence-electron chi connectivity index (χ3n) is 4.49. The summed E-state index contributed by atoms with van der Waals surface area (Å²) >= 11 is 7.52. The largest absolute Gasteiger partial charge is 0.457 e. The van der Waals surface area contributed by atoms with Crippen LogP contribution in [0, 0.1) is 13.8 Å².